The lowest BCUT2D eigenvalue weighted by molar-refractivity contribution is 0.0730. The molecule has 1 aromatic heterocycles. The highest BCUT2D eigenvalue weighted by Gasteiger charge is 2.17. The summed E-state index contributed by atoms with van der Waals surface area (Å²) in [4.78, 5) is 19.1. The summed E-state index contributed by atoms with van der Waals surface area (Å²) in [6.07, 6.45) is 1.69. The van der Waals surface area contributed by atoms with Gasteiger partial charge in [0.25, 0.3) is 5.91 Å². The third-order valence-corrected chi connectivity index (χ3v) is 3.86. The number of hydrogen-bond acceptors (Lipinski definition) is 2. The van der Waals surface area contributed by atoms with E-state index in [1.165, 1.54) is 0 Å². The summed E-state index contributed by atoms with van der Waals surface area (Å²) in [6, 6.07) is 23.8. The highest BCUT2D eigenvalue weighted by Crippen LogP contribution is 2.14. The third kappa shape index (κ3) is 4.07. The van der Waals surface area contributed by atoms with Gasteiger partial charge in [-0.3, -0.25) is 9.78 Å². The number of hydrogen-bond donors (Lipinski definition) is 0. The van der Waals surface area contributed by atoms with Crippen molar-refractivity contribution in [3.05, 3.63) is 101 Å². The van der Waals surface area contributed by atoms with Gasteiger partial charge in [-0.05, 0) is 30.2 Å². The van der Waals surface area contributed by atoms with Crippen LogP contribution in [0.1, 0.15) is 27.2 Å². The lowest BCUT2D eigenvalue weighted by atomic mass is 10.1. The van der Waals surface area contributed by atoms with Crippen molar-refractivity contribution in [1.29, 1.82) is 0 Å². The number of amides is 1. The van der Waals surface area contributed by atoms with E-state index in [0.29, 0.717) is 18.7 Å². The maximum atomic E-state index is 13.0. The van der Waals surface area contributed by atoms with E-state index >= 15 is 0 Å². The summed E-state index contributed by atoms with van der Waals surface area (Å²) < 4.78 is 0. The molecule has 0 atom stereocenters. The minimum absolute atomic E-state index is 0.0215. The van der Waals surface area contributed by atoms with Gasteiger partial charge in [-0.1, -0.05) is 60.7 Å². The van der Waals surface area contributed by atoms with Crippen molar-refractivity contribution in [3.8, 4) is 0 Å². The maximum Gasteiger partial charge on any atom is 0.254 e. The average molecular weight is 316 g/mol. The first-order valence-corrected chi connectivity index (χ1v) is 8.02. The quantitative estimate of drug-likeness (QED) is 0.705. The summed E-state index contributed by atoms with van der Waals surface area (Å²) >= 11 is 0. The summed E-state index contributed by atoms with van der Waals surface area (Å²) in [5, 5.41) is 0. The zero-order valence-corrected chi connectivity index (χ0v) is 13.7. The van der Waals surface area contributed by atoms with Gasteiger partial charge in [-0.2, -0.15) is 0 Å². The largest absolute Gasteiger partial charge is 0.330 e. The fraction of sp³-hybridized carbons (Fsp3) is 0.143. The molecule has 3 heteroatoms. The van der Waals surface area contributed by atoms with Crippen LogP contribution in [0.2, 0.25) is 0 Å². The van der Waals surface area contributed by atoms with Crippen molar-refractivity contribution in [2.75, 3.05) is 0 Å². The Morgan fingerprint density at radius 2 is 1.42 bits per heavy atom. The van der Waals surface area contributed by atoms with E-state index in [0.717, 1.165) is 16.8 Å². The van der Waals surface area contributed by atoms with Crippen LogP contribution in [0.5, 0.6) is 0 Å². The number of benzene rings is 2. The molecular formula is C21H20N2O. The Balaban J connectivity index is 1.87. The molecule has 3 rings (SSSR count). The van der Waals surface area contributed by atoms with Crippen LogP contribution in [0.25, 0.3) is 0 Å². The molecule has 0 N–H and O–H groups in total. The molecule has 2 aromatic carbocycles. The molecule has 1 amide bonds. The number of nitrogens with zero attached hydrogens (tertiary/aromatic N) is 2. The number of aryl methyl sites for hydroxylation is 1. The summed E-state index contributed by atoms with van der Waals surface area (Å²) in [6.45, 7) is 3.06. The molecule has 0 fully saturated rings. The van der Waals surface area contributed by atoms with Gasteiger partial charge >= 0.3 is 0 Å². The van der Waals surface area contributed by atoms with Crippen LogP contribution in [-0.2, 0) is 13.1 Å². The molecule has 0 bridgehead atoms. The summed E-state index contributed by atoms with van der Waals surface area (Å²) in [5.41, 5.74) is 3.76. The minimum Gasteiger partial charge on any atom is -0.330 e. The van der Waals surface area contributed by atoms with Crippen LogP contribution >= 0.6 is 0 Å². The molecule has 0 aliphatic rings. The Morgan fingerprint density at radius 3 is 1.92 bits per heavy atom. The molecule has 0 unspecified atom stereocenters. The zero-order chi connectivity index (χ0) is 16.8. The predicted octanol–water partition coefficient (Wildman–Crippen LogP) is 4.23. The van der Waals surface area contributed by atoms with Crippen molar-refractivity contribution in [3.63, 3.8) is 0 Å². The number of rotatable bonds is 5. The van der Waals surface area contributed by atoms with Crippen molar-refractivity contribution >= 4 is 5.91 Å². The van der Waals surface area contributed by atoms with E-state index in [9.17, 15) is 4.79 Å². The van der Waals surface area contributed by atoms with Crippen LogP contribution in [-0.4, -0.2) is 15.8 Å². The van der Waals surface area contributed by atoms with Crippen LogP contribution in [0.3, 0.4) is 0 Å². The van der Waals surface area contributed by atoms with Gasteiger partial charge in [0.15, 0.2) is 0 Å². The van der Waals surface area contributed by atoms with Crippen LogP contribution in [0.4, 0.5) is 0 Å². The highest BCUT2D eigenvalue weighted by atomic mass is 16.2. The predicted molar refractivity (Wildman–Crippen MR) is 95.4 cm³/mol. The molecule has 24 heavy (non-hydrogen) atoms. The highest BCUT2D eigenvalue weighted by molar-refractivity contribution is 5.94. The van der Waals surface area contributed by atoms with E-state index in [1.54, 1.807) is 12.3 Å². The van der Waals surface area contributed by atoms with Gasteiger partial charge in [0.1, 0.15) is 0 Å². The van der Waals surface area contributed by atoms with Gasteiger partial charge < -0.3 is 4.90 Å². The van der Waals surface area contributed by atoms with E-state index in [4.69, 9.17) is 0 Å². The summed E-state index contributed by atoms with van der Waals surface area (Å²) in [7, 11) is 0. The van der Waals surface area contributed by atoms with Crippen molar-refractivity contribution in [1.82, 2.24) is 9.88 Å². The first-order chi connectivity index (χ1) is 11.7. The molecule has 0 radical (unpaired) electrons. The van der Waals surface area contributed by atoms with Crippen LogP contribution < -0.4 is 0 Å². The Kier molecular flexibility index (Phi) is 5.02. The molecule has 120 valence electrons. The number of pyridine rings is 1. The number of aromatic nitrogens is 1. The van der Waals surface area contributed by atoms with E-state index in [-0.39, 0.29) is 5.91 Å². The topological polar surface area (TPSA) is 33.2 Å². The molecule has 0 saturated carbocycles. The monoisotopic (exact) mass is 316 g/mol. The summed E-state index contributed by atoms with van der Waals surface area (Å²) in [5.74, 6) is 0.0215. The normalized spacial score (nSPS) is 10.4. The second-order valence-corrected chi connectivity index (χ2v) is 5.82. The lowest BCUT2D eigenvalue weighted by Crippen LogP contribution is -2.30. The smallest absolute Gasteiger partial charge is 0.254 e. The molecule has 0 saturated heterocycles. The van der Waals surface area contributed by atoms with E-state index in [1.807, 2.05) is 78.6 Å². The zero-order valence-electron chi connectivity index (χ0n) is 13.7. The number of carbonyl (C=O) groups is 1. The van der Waals surface area contributed by atoms with Gasteiger partial charge in [-0.15, -0.1) is 0 Å². The van der Waals surface area contributed by atoms with Gasteiger partial charge in [-0.25, -0.2) is 0 Å². The molecule has 0 aliphatic heterocycles. The molecule has 3 nitrogen and oxygen atoms in total. The third-order valence-electron chi connectivity index (χ3n) is 3.86. The minimum atomic E-state index is 0.0215. The van der Waals surface area contributed by atoms with Gasteiger partial charge in [0.2, 0.25) is 0 Å². The molecular weight excluding hydrogens is 296 g/mol. The fourth-order valence-corrected chi connectivity index (χ4v) is 2.67. The van der Waals surface area contributed by atoms with E-state index in [2.05, 4.69) is 4.98 Å². The van der Waals surface area contributed by atoms with E-state index < -0.39 is 0 Å². The van der Waals surface area contributed by atoms with Crippen molar-refractivity contribution in [2.45, 2.75) is 20.0 Å². The van der Waals surface area contributed by atoms with Gasteiger partial charge in [0.05, 0.1) is 0 Å². The Bertz CT molecular complexity index is 759. The molecule has 0 aliphatic carbocycles. The Morgan fingerprint density at radius 1 is 0.875 bits per heavy atom. The molecule has 3 aromatic rings. The Hall–Kier alpha value is -2.94. The lowest BCUT2D eigenvalue weighted by Gasteiger charge is -2.23. The van der Waals surface area contributed by atoms with Crippen molar-refractivity contribution < 1.29 is 4.79 Å². The Labute approximate surface area is 142 Å². The second-order valence-electron chi connectivity index (χ2n) is 5.82. The van der Waals surface area contributed by atoms with Crippen LogP contribution in [0, 0.1) is 6.92 Å². The molecule has 1 heterocycles. The maximum absolute atomic E-state index is 13.0. The van der Waals surface area contributed by atoms with Crippen LogP contribution in [0.15, 0.2) is 79.0 Å². The first-order valence-electron chi connectivity index (χ1n) is 8.02. The molecule has 0 spiro atoms. The second kappa shape index (κ2) is 7.55. The fourth-order valence-electron chi connectivity index (χ4n) is 2.67. The average Bonchev–Trinajstić information content (AvgIpc) is 2.62. The first kappa shape index (κ1) is 15.9. The standard InChI is InChI=1S/C21H20N2O/c1-17-14-20(12-13-22-17)21(24)23(15-18-8-4-2-5-9-18)16-19-10-6-3-7-11-19/h2-14H,15-16H2,1H3. The number of carbonyl (C=O) groups excluding carboxylic acids is 1. The van der Waals surface area contributed by atoms with Gasteiger partial charge in [0, 0.05) is 30.5 Å². The van der Waals surface area contributed by atoms with Crippen molar-refractivity contribution in [2.24, 2.45) is 0 Å². The SMILES string of the molecule is Cc1cc(C(=O)N(Cc2ccccc2)Cc2ccccc2)ccn1.